The lowest BCUT2D eigenvalue weighted by molar-refractivity contribution is 0.102. The van der Waals surface area contributed by atoms with E-state index >= 15 is 0 Å². The van der Waals surface area contributed by atoms with E-state index in [1.807, 2.05) is 31.2 Å². The summed E-state index contributed by atoms with van der Waals surface area (Å²) in [4.78, 5) is 22.3. The summed E-state index contributed by atoms with van der Waals surface area (Å²) in [6.45, 7) is 1.97. The molecule has 1 amide bonds. The zero-order valence-corrected chi connectivity index (χ0v) is 16.3. The molecule has 4 aromatic rings. The Morgan fingerprint density at radius 1 is 1.17 bits per heavy atom. The molecule has 4 rings (SSSR count). The van der Waals surface area contributed by atoms with Crippen LogP contribution in [0.5, 0.6) is 0 Å². The van der Waals surface area contributed by atoms with Crippen molar-refractivity contribution >= 4 is 22.9 Å². The molecule has 0 bridgehead atoms. The highest BCUT2D eigenvalue weighted by Crippen LogP contribution is 2.36. The van der Waals surface area contributed by atoms with Crippen LogP contribution < -0.4 is 5.32 Å². The fraction of sp³-hybridized carbons (Fsp3) is 0.100. The van der Waals surface area contributed by atoms with Gasteiger partial charge < -0.3 is 5.32 Å². The first-order valence-corrected chi connectivity index (χ1v) is 9.42. The molecule has 0 unspecified atom stereocenters. The zero-order chi connectivity index (χ0) is 20.5. The van der Waals surface area contributed by atoms with Gasteiger partial charge in [-0.2, -0.15) is 5.10 Å². The maximum atomic E-state index is 13.7. The number of carbonyl (C=O) groups is 1. The lowest BCUT2D eigenvalue weighted by atomic mass is 10.1. The first-order chi connectivity index (χ1) is 13.9. The lowest BCUT2D eigenvalue weighted by Gasteiger charge is -2.04. The van der Waals surface area contributed by atoms with E-state index < -0.39 is 23.2 Å². The van der Waals surface area contributed by atoms with Crippen molar-refractivity contribution in [1.82, 2.24) is 19.7 Å². The van der Waals surface area contributed by atoms with Gasteiger partial charge in [0, 0.05) is 23.7 Å². The first-order valence-electron chi connectivity index (χ1n) is 8.60. The van der Waals surface area contributed by atoms with Gasteiger partial charge in [-0.3, -0.25) is 19.4 Å². The van der Waals surface area contributed by atoms with Gasteiger partial charge in [-0.05, 0) is 31.2 Å². The molecule has 0 aliphatic heterocycles. The molecule has 0 fully saturated rings. The second-order valence-corrected chi connectivity index (χ2v) is 7.52. The maximum absolute atomic E-state index is 13.7. The van der Waals surface area contributed by atoms with E-state index in [1.165, 1.54) is 0 Å². The Labute approximate surface area is 168 Å². The zero-order valence-electron chi connectivity index (χ0n) is 15.5. The van der Waals surface area contributed by atoms with Gasteiger partial charge in [-0.1, -0.05) is 6.07 Å². The average molecular weight is 411 g/mol. The van der Waals surface area contributed by atoms with Crippen LogP contribution in [0.25, 0.3) is 21.8 Å². The third-order valence-corrected chi connectivity index (χ3v) is 5.39. The molecule has 0 atom stereocenters. The van der Waals surface area contributed by atoms with Crippen molar-refractivity contribution in [2.24, 2.45) is 7.05 Å². The Bertz CT molecular complexity index is 1180. The van der Waals surface area contributed by atoms with Gasteiger partial charge in [0.15, 0.2) is 17.3 Å². The Morgan fingerprint density at radius 2 is 1.93 bits per heavy atom. The monoisotopic (exact) mass is 411 g/mol. The molecule has 4 heterocycles. The Kier molecular flexibility index (Phi) is 4.89. The number of nitrogens with one attached hydrogen (secondary N) is 1. The number of rotatable bonds is 4. The number of nitrogens with zero attached hydrogens (tertiary/aromatic N) is 4. The van der Waals surface area contributed by atoms with Crippen molar-refractivity contribution in [3.63, 3.8) is 0 Å². The maximum Gasteiger partial charge on any atom is 0.276 e. The molecule has 29 heavy (non-hydrogen) atoms. The number of pyridine rings is 2. The molecular weight excluding hydrogens is 396 g/mol. The highest BCUT2D eigenvalue weighted by molar-refractivity contribution is 7.15. The largest absolute Gasteiger partial charge is 0.316 e. The quantitative estimate of drug-likeness (QED) is 0.539. The lowest BCUT2D eigenvalue weighted by Crippen LogP contribution is -2.15. The molecule has 9 heteroatoms. The number of carbonyl (C=O) groups excluding carboxylic acids is 1. The average Bonchev–Trinajstić information content (AvgIpc) is 3.28. The van der Waals surface area contributed by atoms with Crippen LogP contribution in [0.1, 0.15) is 15.4 Å². The van der Waals surface area contributed by atoms with Crippen molar-refractivity contribution in [2.75, 3.05) is 5.32 Å². The van der Waals surface area contributed by atoms with Gasteiger partial charge in [-0.15, -0.1) is 11.3 Å². The van der Waals surface area contributed by atoms with Crippen molar-refractivity contribution in [1.29, 1.82) is 0 Å². The molecule has 0 aliphatic rings. The minimum absolute atomic E-state index is 0.0445. The number of hydrogen-bond acceptors (Lipinski definition) is 5. The van der Waals surface area contributed by atoms with Crippen molar-refractivity contribution < 1.29 is 13.6 Å². The van der Waals surface area contributed by atoms with Crippen LogP contribution >= 0.6 is 11.3 Å². The molecule has 0 saturated heterocycles. The van der Waals surface area contributed by atoms with E-state index in [0.717, 1.165) is 33.4 Å². The summed E-state index contributed by atoms with van der Waals surface area (Å²) in [5.74, 6) is -2.62. The van der Waals surface area contributed by atoms with Gasteiger partial charge in [0.05, 0.1) is 28.7 Å². The molecular formula is C20H15F2N5OS. The minimum Gasteiger partial charge on any atom is -0.316 e. The fourth-order valence-electron chi connectivity index (χ4n) is 2.91. The van der Waals surface area contributed by atoms with Crippen molar-refractivity contribution in [3.8, 4) is 21.8 Å². The predicted molar refractivity (Wildman–Crippen MR) is 107 cm³/mol. The highest BCUT2D eigenvalue weighted by Gasteiger charge is 2.20. The van der Waals surface area contributed by atoms with Crippen molar-refractivity contribution in [3.05, 3.63) is 71.1 Å². The number of halogens is 2. The van der Waals surface area contributed by atoms with Gasteiger partial charge in [-0.25, -0.2) is 8.78 Å². The normalized spacial score (nSPS) is 10.9. The third kappa shape index (κ3) is 3.64. The number of hydrogen-bond donors (Lipinski definition) is 1. The van der Waals surface area contributed by atoms with Gasteiger partial charge in [0.2, 0.25) is 0 Å². The standard InChI is InChI=1S/C20H15F2N5OS/c1-11-12(7-18(29-11)15-5-3-4-6-24-15)17-8-16(26-27(17)2)20(28)25-19-13(21)9-23-10-14(19)22/h3-10H,1-2H3,(H,23,25,28). The second kappa shape index (κ2) is 7.51. The topological polar surface area (TPSA) is 72.7 Å². The van der Waals surface area contributed by atoms with E-state index in [1.54, 1.807) is 35.3 Å². The second-order valence-electron chi connectivity index (χ2n) is 6.27. The number of aryl methyl sites for hydroxylation is 2. The van der Waals surface area contributed by atoms with Crippen LogP contribution in [0, 0.1) is 18.6 Å². The van der Waals surface area contributed by atoms with Gasteiger partial charge in [0.25, 0.3) is 5.91 Å². The Balaban J connectivity index is 1.65. The molecule has 0 aliphatic carbocycles. The Morgan fingerprint density at radius 3 is 2.62 bits per heavy atom. The summed E-state index contributed by atoms with van der Waals surface area (Å²) in [5.41, 5.74) is 1.97. The van der Waals surface area contributed by atoms with Crippen molar-refractivity contribution in [2.45, 2.75) is 6.92 Å². The number of amides is 1. The third-order valence-electron chi connectivity index (χ3n) is 4.32. The van der Waals surface area contributed by atoms with Gasteiger partial charge >= 0.3 is 0 Å². The van der Waals surface area contributed by atoms with E-state index in [4.69, 9.17) is 0 Å². The number of anilines is 1. The van der Waals surface area contributed by atoms with Crippen LogP contribution in [0.4, 0.5) is 14.5 Å². The summed E-state index contributed by atoms with van der Waals surface area (Å²) in [6, 6.07) is 9.27. The van der Waals surface area contributed by atoms with E-state index in [2.05, 4.69) is 20.4 Å². The summed E-state index contributed by atoms with van der Waals surface area (Å²) >= 11 is 1.58. The van der Waals surface area contributed by atoms with Crippen LogP contribution in [0.2, 0.25) is 0 Å². The summed E-state index contributed by atoms with van der Waals surface area (Å²) in [6.07, 6.45) is 3.39. The molecule has 4 aromatic heterocycles. The predicted octanol–water partition coefficient (Wildman–Crippen LogP) is 4.44. The molecule has 6 nitrogen and oxygen atoms in total. The van der Waals surface area contributed by atoms with Crippen LogP contribution in [0.15, 0.2) is 48.9 Å². The molecule has 0 spiro atoms. The first kappa shape index (κ1) is 18.9. The van der Waals surface area contributed by atoms with Crippen LogP contribution in [-0.2, 0) is 7.05 Å². The van der Waals surface area contributed by atoms with E-state index in [9.17, 15) is 13.6 Å². The SMILES string of the molecule is Cc1sc(-c2ccccn2)cc1-c1cc(C(=O)Nc2c(F)cncc2F)nn1C. The minimum atomic E-state index is -0.955. The van der Waals surface area contributed by atoms with Gasteiger partial charge in [0.1, 0.15) is 5.69 Å². The fourth-order valence-corrected chi connectivity index (χ4v) is 3.92. The number of aromatic nitrogens is 4. The molecule has 1 N–H and O–H groups in total. The van der Waals surface area contributed by atoms with E-state index in [-0.39, 0.29) is 5.69 Å². The summed E-state index contributed by atoms with van der Waals surface area (Å²) < 4.78 is 29.1. The Hall–Kier alpha value is -3.46. The molecule has 146 valence electrons. The highest BCUT2D eigenvalue weighted by atomic mass is 32.1. The van der Waals surface area contributed by atoms with Crippen LogP contribution in [-0.4, -0.2) is 25.7 Å². The van der Waals surface area contributed by atoms with E-state index in [0.29, 0.717) is 5.69 Å². The van der Waals surface area contributed by atoms with Crippen LogP contribution in [0.3, 0.4) is 0 Å². The molecule has 0 saturated carbocycles. The molecule has 0 radical (unpaired) electrons. The summed E-state index contributed by atoms with van der Waals surface area (Å²) in [7, 11) is 1.71. The molecule has 0 aromatic carbocycles. The number of thiophene rings is 1. The smallest absolute Gasteiger partial charge is 0.276 e. The summed E-state index contributed by atoms with van der Waals surface area (Å²) in [5, 5.41) is 6.42.